The van der Waals surface area contributed by atoms with Gasteiger partial charge in [-0.25, -0.2) is 0 Å². The quantitative estimate of drug-likeness (QED) is 0.604. The van der Waals surface area contributed by atoms with Crippen molar-refractivity contribution in [3.8, 4) is 11.8 Å². The first-order valence-corrected chi connectivity index (χ1v) is 5.20. The van der Waals surface area contributed by atoms with E-state index >= 15 is 0 Å². The maximum Gasteiger partial charge on any atom is 0.0602 e. The molecule has 0 amide bonds. The molecule has 1 saturated heterocycles. The van der Waals surface area contributed by atoms with Crippen LogP contribution in [0.4, 0.5) is 0 Å². The molecule has 1 aliphatic rings. The molecule has 0 radical (unpaired) electrons. The second-order valence-electron chi connectivity index (χ2n) is 3.86. The Morgan fingerprint density at radius 3 is 2.92 bits per heavy atom. The van der Waals surface area contributed by atoms with Crippen LogP contribution in [0.15, 0.2) is 0 Å². The highest BCUT2D eigenvalue weighted by atomic mass is 15.1. The van der Waals surface area contributed by atoms with Crippen LogP contribution >= 0.6 is 0 Å². The molecule has 0 saturated carbocycles. The van der Waals surface area contributed by atoms with Crippen molar-refractivity contribution in [2.75, 3.05) is 32.7 Å². The minimum Gasteiger partial charge on any atom is -0.315 e. The van der Waals surface area contributed by atoms with Crippen LogP contribution in [-0.2, 0) is 0 Å². The molecule has 2 nitrogen and oxygen atoms in total. The second kappa shape index (κ2) is 6.01. The van der Waals surface area contributed by atoms with Crippen molar-refractivity contribution in [1.29, 1.82) is 0 Å². The van der Waals surface area contributed by atoms with Crippen LogP contribution in [0.2, 0.25) is 0 Å². The van der Waals surface area contributed by atoms with Crippen LogP contribution in [0, 0.1) is 17.8 Å². The van der Waals surface area contributed by atoms with Crippen LogP contribution in [0.3, 0.4) is 0 Å². The Balaban J connectivity index is 2.23. The molecule has 13 heavy (non-hydrogen) atoms. The van der Waals surface area contributed by atoms with Crippen molar-refractivity contribution < 1.29 is 0 Å². The van der Waals surface area contributed by atoms with Crippen molar-refractivity contribution in [3.05, 3.63) is 0 Å². The van der Waals surface area contributed by atoms with Gasteiger partial charge in [-0.3, -0.25) is 4.90 Å². The minimum absolute atomic E-state index is 0.505. The summed E-state index contributed by atoms with van der Waals surface area (Å²) in [5.74, 6) is 6.94. The Hall–Kier alpha value is -0.520. The summed E-state index contributed by atoms with van der Waals surface area (Å²) in [5.41, 5.74) is 0. The maximum atomic E-state index is 3.39. The molecule has 0 unspecified atom stereocenters. The third-order valence-corrected chi connectivity index (χ3v) is 2.13. The molecule has 74 valence electrons. The Bertz CT molecular complexity index is 180. The summed E-state index contributed by atoms with van der Waals surface area (Å²) in [6, 6.07) is 0. The van der Waals surface area contributed by atoms with Gasteiger partial charge in [-0.2, -0.15) is 0 Å². The summed E-state index contributed by atoms with van der Waals surface area (Å²) in [6.07, 6.45) is 1.25. The fraction of sp³-hybridized carbons (Fsp3) is 0.818. The van der Waals surface area contributed by atoms with Crippen molar-refractivity contribution >= 4 is 0 Å². The summed E-state index contributed by atoms with van der Waals surface area (Å²) >= 11 is 0. The molecule has 1 aliphatic heterocycles. The average Bonchev–Trinajstić information content (AvgIpc) is 2.32. The molecule has 0 aromatic rings. The van der Waals surface area contributed by atoms with Gasteiger partial charge in [-0.15, -0.1) is 0 Å². The molecule has 0 aromatic carbocycles. The lowest BCUT2D eigenvalue weighted by atomic mass is 10.2. The fourth-order valence-electron chi connectivity index (χ4n) is 1.42. The highest BCUT2D eigenvalue weighted by molar-refractivity contribution is 5.03. The summed E-state index contributed by atoms with van der Waals surface area (Å²) in [5, 5.41) is 3.39. The highest BCUT2D eigenvalue weighted by Gasteiger charge is 2.05. The molecule has 2 heteroatoms. The van der Waals surface area contributed by atoms with Crippen molar-refractivity contribution in [2.45, 2.75) is 20.3 Å². The summed E-state index contributed by atoms with van der Waals surface area (Å²) in [7, 11) is 0. The Labute approximate surface area is 81.7 Å². The van der Waals surface area contributed by atoms with Crippen LogP contribution < -0.4 is 5.32 Å². The average molecular weight is 180 g/mol. The summed E-state index contributed by atoms with van der Waals surface area (Å²) < 4.78 is 0. The number of rotatable bonds is 1. The molecular formula is C11H20N2. The first kappa shape index (κ1) is 10.6. The molecular weight excluding hydrogens is 160 g/mol. The van der Waals surface area contributed by atoms with Gasteiger partial charge in [0.2, 0.25) is 0 Å². The number of nitrogens with one attached hydrogen (secondary N) is 1. The molecule has 0 bridgehead atoms. The van der Waals surface area contributed by atoms with E-state index in [0.717, 1.165) is 26.2 Å². The molecule has 1 fully saturated rings. The minimum atomic E-state index is 0.505. The van der Waals surface area contributed by atoms with E-state index in [-0.39, 0.29) is 0 Å². The Kier molecular flexibility index (Phi) is 4.88. The lowest BCUT2D eigenvalue weighted by Crippen LogP contribution is -2.28. The summed E-state index contributed by atoms with van der Waals surface area (Å²) in [4.78, 5) is 2.43. The fourth-order valence-corrected chi connectivity index (χ4v) is 1.42. The normalized spacial score (nSPS) is 19.3. The zero-order chi connectivity index (χ0) is 9.52. The molecule has 1 N–H and O–H groups in total. The third kappa shape index (κ3) is 4.92. The predicted molar refractivity (Wildman–Crippen MR) is 56.5 cm³/mol. The first-order valence-electron chi connectivity index (χ1n) is 5.20. The van der Waals surface area contributed by atoms with E-state index in [9.17, 15) is 0 Å². The van der Waals surface area contributed by atoms with E-state index in [1.54, 1.807) is 0 Å². The van der Waals surface area contributed by atoms with Crippen LogP contribution in [0.5, 0.6) is 0 Å². The zero-order valence-corrected chi connectivity index (χ0v) is 8.77. The second-order valence-corrected chi connectivity index (χ2v) is 3.86. The molecule has 0 aliphatic carbocycles. The first-order chi connectivity index (χ1) is 6.29. The highest BCUT2D eigenvalue weighted by Crippen LogP contribution is 1.94. The van der Waals surface area contributed by atoms with Crippen molar-refractivity contribution in [3.63, 3.8) is 0 Å². The smallest absolute Gasteiger partial charge is 0.0602 e. The number of nitrogens with zero attached hydrogens (tertiary/aromatic N) is 1. The van der Waals surface area contributed by atoms with Crippen molar-refractivity contribution in [2.24, 2.45) is 5.92 Å². The zero-order valence-electron chi connectivity index (χ0n) is 8.77. The maximum absolute atomic E-state index is 3.39. The number of hydrogen-bond donors (Lipinski definition) is 1. The third-order valence-electron chi connectivity index (χ3n) is 2.13. The van der Waals surface area contributed by atoms with Crippen LogP contribution in [0.25, 0.3) is 0 Å². The van der Waals surface area contributed by atoms with Gasteiger partial charge in [0, 0.05) is 25.6 Å². The van der Waals surface area contributed by atoms with Gasteiger partial charge < -0.3 is 5.32 Å². The monoisotopic (exact) mass is 180 g/mol. The van der Waals surface area contributed by atoms with Gasteiger partial charge in [0.1, 0.15) is 0 Å². The van der Waals surface area contributed by atoms with Gasteiger partial charge in [0.05, 0.1) is 6.54 Å². The molecule has 1 heterocycles. The van der Waals surface area contributed by atoms with Gasteiger partial charge in [-0.1, -0.05) is 25.7 Å². The van der Waals surface area contributed by atoms with E-state index in [2.05, 4.69) is 35.9 Å². The topological polar surface area (TPSA) is 15.3 Å². The Morgan fingerprint density at radius 2 is 2.15 bits per heavy atom. The van der Waals surface area contributed by atoms with Gasteiger partial charge in [-0.05, 0) is 13.0 Å². The predicted octanol–water partition coefficient (Wildman–Crippen LogP) is 0.941. The SMILES string of the molecule is CC(C)C#CCN1CCCNCC1. The van der Waals surface area contributed by atoms with Crippen LogP contribution in [0.1, 0.15) is 20.3 Å². The number of hydrogen-bond acceptors (Lipinski definition) is 2. The van der Waals surface area contributed by atoms with E-state index in [1.807, 2.05) is 0 Å². The van der Waals surface area contributed by atoms with Gasteiger partial charge >= 0.3 is 0 Å². The molecule has 0 spiro atoms. The lowest BCUT2D eigenvalue weighted by molar-refractivity contribution is 0.329. The molecule has 0 aromatic heterocycles. The Morgan fingerprint density at radius 1 is 1.31 bits per heavy atom. The van der Waals surface area contributed by atoms with Gasteiger partial charge in [0.15, 0.2) is 0 Å². The molecule has 1 rings (SSSR count). The standard InChI is InChI=1S/C11H20N2/c1-11(2)5-3-8-13-9-4-6-12-7-10-13/h11-12H,4,6-10H2,1-2H3. The van der Waals surface area contributed by atoms with E-state index in [4.69, 9.17) is 0 Å². The van der Waals surface area contributed by atoms with Crippen molar-refractivity contribution in [1.82, 2.24) is 10.2 Å². The van der Waals surface area contributed by atoms with E-state index < -0.39 is 0 Å². The van der Waals surface area contributed by atoms with E-state index in [0.29, 0.717) is 5.92 Å². The lowest BCUT2D eigenvalue weighted by Gasteiger charge is -2.15. The van der Waals surface area contributed by atoms with E-state index in [1.165, 1.54) is 13.0 Å². The largest absolute Gasteiger partial charge is 0.315 e. The summed E-state index contributed by atoms with van der Waals surface area (Å²) in [6.45, 7) is 9.83. The van der Waals surface area contributed by atoms with Crippen LogP contribution in [-0.4, -0.2) is 37.6 Å². The molecule has 0 atom stereocenters. The van der Waals surface area contributed by atoms with Gasteiger partial charge in [0.25, 0.3) is 0 Å².